The Morgan fingerprint density at radius 2 is 1.59 bits per heavy atom. The fourth-order valence-electron chi connectivity index (χ4n) is 2.80. The third kappa shape index (κ3) is 6.67. The zero-order valence-corrected chi connectivity index (χ0v) is 16.1. The van der Waals surface area contributed by atoms with Crippen LogP contribution in [0.4, 0.5) is 8.78 Å². The van der Waals surface area contributed by atoms with E-state index in [1.54, 1.807) is 6.07 Å². The summed E-state index contributed by atoms with van der Waals surface area (Å²) in [5, 5.41) is 5.02. The zero-order valence-electron chi connectivity index (χ0n) is 16.1. The molecule has 154 valence electrons. The first-order valence-electron chi connectivity index (χ1n) is 8.93. The van der Waals surface area contributed by atoms with Gasteiger partial charge in [0.1, 0.15) is 23.7 Å². The maximum atomic E-state index is 14.0. The number of esters is 1. The number of carbonyl (C=O) groups is 3. The minimum atomic E-state index is -1.14. The Kier molecular flexibility index (Phi) is 7.82. The van der Waals surface area contributed by atoms with E-state index in [1.807, 2.05) is 0 Å². The molecule has 0 radical (unpaired) electrons. The van der Waals surface area contributed by atoms with Crippen LogP contribution in [0.25, 0.3) is 0 Å². The number of benzene rings is 2. The Labute approximate surface area is 167 Å². The van der Waals surface area contributed by atoms with Crippen molar-refractivity contribution in [1.29, 1.82) is 0 Å². The van der Waals surface area contributed by atoms with Crippen LogP contribution in [0.2, 0.25) is 0 Å². The molecule has 0 bridgehead atoms. The molecule has 0 aliphatic heterocycles. The molecular weight excluding hydrogens is 382 g/mol. The van der Waals surface area contributed by atoms with E-state index >= 15 is 0 Å². The molecule has 2 rings (SSSR count). The van der Waals surface area contributed by atoms with Gasteiger partial charge in [0.25, 0.3) is 0 Å². The van der Waals surface area contributed by atoms with Gasteiger partial charge in [0.05, 0.1) is 7.11 Å². The number of nitrogens with one attached hydrogen (secondary N) is 2. The summed E-state index contributed by atoms with van der Waals surface area (Å²) in [4.78, 5) is 36.4. The maximum Gasteiger partial charge on any atom is 0.328 e. The summed E-state index contributed by atoms with van der Waals surface area (Å²) in [6.45, 7) is 1.25. The summed E-state index contributed by atoms with van der Waals surface area (Å²) >= 11 is 0. The molecule has 0 unspecified atom stereocenters. The van der Waals surface area contributed by atoms with E-state index in [1.165, 1.54) is 49.4 Å². The lowest BCUT2D eigenvalue weighted by molar-refractivity contribution is -0.145. The maximum absolute atomic E-state index is 14.0. The second-order valence-electron chi connectivity index (χ2n) is 6.46. The number of halogens is 2. The van der Waals surface area contributed by atoms with Gasteiger partial charge in [-0.15, -0.1) is 0 Å². The van der Waals surface area contributed by atoms with Gasteiger partial charge in [0, 0.05) is 19.8 Å². The summed E-state index contributed by atoms with van der Waals surface area (Å²) in [5.74, 6) is -2.78. The monoisotopic (exact) mass is 404 g/mol. The molecule has 6 nitrogen and oxygen atoms in total. The van der Waals surface area contributed by atoms with Gasteiger partial charge in [-0.1, -0.05) is 30.3 Å². The Hall–Kier alpha value is -3.29. The largest absolute Gasteiger partial charge is 0.467 e. The third-order valence-corrected chi connectivity index (χ3v) is 4.23. The Balaban J connectivity index is 2.17. The van der Waals surface area contributed by atoms with Crippen molar-refractivity contribution in [3.8, 4) is 0 Å². The molecular formula is C21H22F2N2O4. The molecule has 0 aliphatic carbocycles. The number of rotatable bonds is 8. The van der Waals surface area contributed by atoms with E-state index in [2.05, 4.69) is 10.6 Å². The van der Waals surface area contributed by atoms with Crippen molar-refractivity contribution in [2.45, 2.75) is 31.8 Å². The summed E-state index contributed by atoms with van der Waals surface area (Å²) in [6, 6.07) is 9.20. The number of hydrogen-bond acceptors (Lipinski definition) is 4. The summed E-state index contributed by atoms with van der Waals surface area (Å²) in [7, 11) is 1.16. The van der Waals surface area contributed by atoms with E-state index in [-0.39, 0.29) is 18.4 Å². The molecule has 2 aromatic rings. The molecule has 2 N–H and O–H groups in total. The van der Waals surface area contributed by atoms with E-state index in [9.17, 15) is 23.2 Å². The van der Waals surface area contributed by atoms with Gasteiger partial charge in [0.15, 0.2) is 0 Å². The van der Waals surface area contributed by atoms with E-state index < -0.39 is 41.5 Å². The number of amides is 2. The highest BCUT2D eigenvalue weighted by molar-refractivity contribution is 5.90. The average Bonchev–Trinajstić information content (AvgIpc) is 2.69. The first kappa shape index (κ1) is 22.0. The topological polar surface area (TPSA) is 84.5 Å². The minimum absolute atomic E-state index is 0.0826. The molecule has 2 aromatic carbocycles. The Bertz CT molecular complexity index is 871. The van der Waals surface area contributed by atoms with Crippen molar-refractivity contribution < 1.29 is 27.9 Å². The fraction of sp³-hybridized carbons (Fsp3) is 0.286. The summed E-state index contributed by atoms with van der Waals surface area (Å²) in [5.41, 5.74) is 0.849. The van der Waals surface area contributed by atoms with Gasteiger partial charge in [-0.25, -0.2) is 13.6 Å². The smallest absolute Gasteiger partial charge is 0.328 e. The zero-order chi connectivity index (χ0) is 21.4. The molecule has 8 heteroatoms. The summed E-state index contributed by atoms with van der Waals surface area (Å²) < 4.78 is 31.8. The lowest BCUT2D eigenvalue weighted by atomic mass is 10.0. The lowest BCUT2D eigenvalue weighted by Crippen LogP contribution is -2.53. The van der Waals surface area contributed by atoms with Crippen LogP contribution in [-0.4, -0.2) is 37.0 Å². The van der Waals surface area contributed by atoms with Gasteiger partial charge in [-0.2, -0.15) is 0 Å². The highest BCUT2D eigenvalue weighted by Crippen LogP contribution is 2.11. The number of methoxy groups -OCH3 is 1. The Morgan fingerprint density at radius 3 is 2.17 bits per heavy atom. The fourth-order valence-corrected chi connectivity index (χ4v) is 2.80. The second kappa shape index (κ2) is 10.3. The molecule has 0 saturated heterocycles. The van der Waals surface area contributed by atoms with Crippen LogP contribution in [0.1, 0.15) is 18.1 Å². The van der Waals surface area contributed by atoms with Crippen molar-refractivity contribution >= 4 is 17.8 Å². The van der Waals surface area contributed by atoms with Gasteiger partial charge < -0.3 is 15.4 Å². The molecule has 29 heavy (non-hydrogen) atoms. The molecule has 0 spiro atoms. The van der Waals surface area contributed by atoms with Crippen LogP contribution in [-0.2, 0) is 32.0 Å². The molecule has 0 aliphatic rings. The molecule has 0 saturated carbocycles. The van der Waals surface area contributed by atoms with Crippen LogP contribution in [0, 0.1) is 11.6 Å². The predicted octanol–water partition coefficient (Wildman–Crippen LogP) is 1.91. The van der Waals surface area contributed by atoms with E-state index in [4.69, 9.17) is 4.74 Å². The molecule has 0 heterocycles. The van der Waals surface area contributed by atoms with Gasteiger partial charge in [-0.3, -0.25) is 9.59 Å². The van der Waals surface area contributed by atoms with Gasteiger partial charge in [-0.05, 0) is 29.3 Å². The minimum Gasteiger partial charge on any atom is -0.467 e. The van der Waals surface area contributed by atoms with Crippen molar-refractivity contribution in [3.05, 3.63) is 71.3 Å². The van der Waals surface area contributed by atoms with E-state index in [0.29, 0.717) is 5.56 Å². The number of carbonyl (C=O) groups excluding carboxylic acids is 3. The van der Waals surface area contributed by atoms with Gasteiger partial charge >= 0.3 is 5.97 Å². The average molecular weight is 404 g/mol. The van der Waals surface area contributed by atoms with Crippen LogP contribution in [0.5, 0.6) is 0 Å². The highest BCUT2D eigenvalue weighted by atomic mass is 19.1. The van der Waals surface area contributed by atoms with Crippen molar-refractivity contribution in [2.75, 3.05) is 7.11 Å². The second-order valence-corrected chi connectivity index (χ2v) is 6.46. The molecule has 2 atom stereocenters. The van der Waals surface area contributed by atoms with Gasteiger partial charge in [0.2, 0.25) is 11.8 Å². The summed E-state index contributed by atoms with van der Waals surface area (Å²) in [6.07, 6.45) is -0.0340. The number of ether oxygens (including phenoxy) is 1. The third-order valence-electron chi connectivity index (χ3n) is 4.23. The molecule has 0 aromatic heterocycles. The van der Waals surface area contributed by atoms with E-state index in [0.717, 1.165) is 7.11 Å². The SMILES string of the molecule is COC(=O)[C@@H](Cc1ccccc1F)NC(=O)[C@@H](Cc1ccc(F)cc1)NC(C)=O. The van der Waals surface area contributed by atoms with Crippen molar-refractivity contribution in [2.24, 2.45) is 0 Å². The normalized spacial score (nSPS) is 12.6. The van der Waals surface area contributed by atoms with Crippen LogP contribution >= 0.6 is 0 Å². The molecule has 2 amide bonds. The highest BCUT2D eigenvalue weighted by Gasteiger charge is 2.28. The predicted molar refractivity (Wildman–Crippen MR) is 102 cm³/mol. The van der Waals surface area contributed by atoms with Crippen LogP contribution < -0.4 is 10.6 Å². The van der Waals surface area contributed by atoms with Crippen molar-refractivity contribution in [3.63, 3.8) is 0 Å². The van der Waals surface area contributed by atoms with Crippen molar-refractivity contribution in [1.82, 2.24) is 10.6 Å². The lowest BCUT2D eigenvalue weighted by Gasteiger charge is -2.22. The Morgan fingerprint density at radius 1 is 0.931 bits per heavy atom. The first-order valence-corrected chi connectivity index (χ1v) is 8.93. The van der Waals surface area contributed by atoms with Crippen LogP contribution in [0.15, 0.2) is 48.5 Å². The quantitative estimate of drug-likeness (QED) is 0.659. The standard InChI is InChI=1S/C21H22F2N2O4/c1-13(26)24-18(11-14-7-9-16(22)10-8-14)20(27)25-19(21(28)29-2)12-15-5-3-4-6-17(15)23/h3-10,18-19H,11-12H2,1-2H3,(H,24,26)(H,25,27)/t18-,19-/m1/s1. The first-order chi connectivity index (χ1) is 13.8. The molecule has 0 fully saturated rings. The number of hydrogen-bond donors (Lipinski definition) is 2. The van der Waals surface area contributed by atoms with Crippen LogP contribution in [0.3, 0.4) is 0 Å².